The SMILES string of the molecule is Cc1ccc(COc2ccc(-c3cc(C(=O)NN=Cc4cccc(O)c4)[nH]n3)cc2)cc1. The van der Waals surface area contributed by atoms with Crippen molar-refractivity contribution in [2.24, 2.45) is 5.10 Å². The number of hydrogen-bond acceptors (Lipinski definition) is 5. The average Bonchev–Trinajstić information content (AvgIpc) is 3.30. The molecular formula is C25H22N4O3. The molecule has 1 heterocycles. The summed E-state index contributed by atoms with van der Waals surface area (Å²) in [6.45, 7) is 2.55. The zero-order valence-electron chi connectivity index (χ0n) is 17.4. The van der Waals surface area contributed by atoms with Crippen LogP contribution >= 0.6 is 0 Å². The lowest BCUT2D eigenvalue weighted by Gasteiger charge is -2.07. The molecule has 0 aliphatic carbocycles. The number of nitrogens with one attached hydrogen (secondary N) is 2. The number of aromatic amines is 1. The van der Waals surface area contributed by atoms with Crippen LogP contribution in [0, 0.1) is 6.92 Å². The third-order valence-corrected chi connectivity index (χ3v) is 4.75. The van der Waals surface area contributed by atoms with E-state index in [1.165, 1.54) is 17.8 Å². The Morgan fingerprint density at radius 1 is 1.09 bits per heavy atom. The fraction of sp³-hybridized carbons (Fsp3) is 0.0800. The number of amides is 1. The van der Waals surface area contributed by atoms with Crippen LogP contribution in [-0.2, 0) is 6.61 Å². The smallest absolute Gasteiger partial charge is 0.289 e. The number of phenols is 1. The molecule has 7 heteroatoms. The molecule has 0 fully saturated rings. The zero-order valence-corrected chi connectivity index (χ0v) is 17.4. The van der Waals surface area contributed by atoms with Crippen LogP contribution in [0.15, 0.2) is 84.0 Å². The normalized spacial score (nSPS) is 10.9. The molecule has 0 bridgehead atoms. The summed E-state index contributed by atoms with van der Waals surface area (Å²) >= 11 is 0. The molecule has 0 aliphatic rings. The van der Waals surface area contributed by atoms with Gasteiger partial charge in [0.25, 0.3) is 5.91 Å². The Balaban J connectivity index is 1.34. The molecular weight excluding hydrogens is 404 g/mol. The lowest BCUT2D eigenvalue weighted by Crippen LogP contribution is -2.17. The standard InChI is InChI=1S/C25H22N4O3/c1-17-5-7-18(8-6-17)16-32-22-11-9-20(10-12-22)23-14-24(28-27-23)25(31)29-26-15-19-3-2-4-21(30)13-19/h2-15,30H,16H2,1H3,(H,27,28)(H,29,31). The molecule has 3 aromatic carbocycles. The monoisotopic (exact) mass is 426 g/mol. The van der Waals surface area contributed by atoms with E-state index in [1.54, 1.807) is 24.3 Å². The second kappa shape index (κ2) is 9.61. The molecule has 0 saturated carbocycles. The Labute approximate surface area is 185 Å². The maximum Gasteiger partial charge on any atom is 0.289 e. The Kier molecular flexibility index (Phi) is 6.27. The highest BCUT2D eigenvalue weighted by Crippen LogP contribution is 2.22. The molecule has 0 radical (unpaired) electrons. The maximum absolute atomic E-state index is 12.3. The third-order valence-electron chi connectivity index (χ3n) is 4.75. The lowest BCUT2D eigenvalue weighted by molar-refractivity contribution is 0.0950. The van der Waals surface area contributed by atoms with E-state index in [9.17, 15) is 9.90 Å². The van der Waals surface area contributed by atoms with Gasteiger partial charge in [-0.3, -0.25) is 9.89 Å². The first-order valence-corrected chi connectivity index (χ1v) is 10.0. The fourth-order valence-corrected chi connectivity index (χ4v) is 2.99. The van der Waals surface area contributed by atoms with Crippen molar-refractivity contribution < 1.29 is 14.6 Å². The second-order valence-electron chi connectivity index (χ2n) is 7.26. The summed E-state index contributed by atoms with van der Waals surface area (Å²) < 4.78 is 5.83. The molecule has 0 spiro atoms. The van der Waals surface area contributed by atoms with Crippen molar-refractivity contribution in [3.05, 3.63) is 101 Å². The molecule has 0 unspecified atom stereocenters. The molecule has 3 N–H and O–H groups in total. The third kappa shape index (κ3) is 5.40. The summed E-state index contributed by atoms with van der Waals surface area (Å²) in [5.74, 6) is 0.465. The minimum atomic E-state index is -0.418. The van der Waals surface area contributed by atoms with Gasteiger partial charge in [-0.1, -0.05) is 42.0 Å². The Morgan fingerprint density at radius 3 is 2.62 bits per heavy atom. The Hall–Kier alpha value is -4.39. The second-order valence-corrected chi connectivity index (χ2v) is 7.26. The number of carbonyl (C=O) groups excluding carboxylic acids is 1. The van der Waals surface area contributed by atoms with Crippen LogP contribution in [0.5, 0.6) is 11.5 Å². The highest BCUT2D eigenvalue weighted by Gasteiger charge is 2.10. The lowest BCUT2D eigenvalue weighted by atomic mass is 10.1. The van der Waals surface area contributed by atoms with Crippen molar-refractivity contribution in [1.82, 2.24) is 15.6 Å². The number of benzene rings is 3. The van der Waals surface area contributed by atoms with Crippen LogP contribution in [0.1, 0.15) is 27.2 Å². The van der Waals surface area contributed by atoms with E-state index >= 15 is 0 Å². The van der Waals surface area contributed by atoms with Gasteiger partial charge < -0.3 is 9.84 Å². The number of nitrogens with zero attached hydrogens (tertiary/aromatic N) is 2. The molecule has 160 valence electrons. The van der Waals surface area contributed by atoms with E-state index in [4.69, 9.17) is 4.74 Å². The molecule has 1 amide bonds. The number of hydrazone groups is 1. The fourth-order valence-electron chi connectivity index (χ4n) is 2.99. The molecule has 7 nitrogen and oxygen atoms in total. The van der Waals surface area contributed by atoms with Crippen molar-refractivity contribution >= 4 is 12.1 Å². The first kappa shape index (κ1) is 20.9. The van der Waals surface area contributed by atoms with Crippen LogP contribution in [0.3, 0.4) is 0 Å². The van der Waals surface area contributed by atoms with Crippen molar-refractivity contribution in [1.29, 1.82) is 0 Å². The molecule has 0 aliphatic heterocycles. The van der Waals surface area contributed by atoms with E-state index in [0.29, 0.717) is 17.9 Å². The van der Waals surface area contributed by atoms with Gasteiger partial charge >= 0.3 is 0 Å². The van der Waals surface area contributed by atoms with Gasteiger partial charge in [0.05, 0.1) is 11.9 Å². The summed E-state index contributed by atoms with van der Waals surface area (Å²) in [4.78, 5) is 12.3. The van der Waals surface area contributed by atoms with Gasteiger partial charge in [-0.25, -0.2) is 5.43 Å². The average molecular weight is 426 g/mol. The van der Waals surface area contributed by atoms with E-state index in [0.717, 1.165) is 16.9 Å². The van der Waals surface area contributed by atoms with Crippen molar-refractivity contribution in [2.75, 3.05) is 0 Å². The highest BCUT2D eigenvalue weighted by atomic mass is 16.5. The predicted molar refractivity (Wildman–Crippen MR) is 123 cm³/mol. The number of aromatic nitrogens is 2. The van der Waals surface area contributed by atoms with Crippen molar-refractivity contribution in [3.8, 4) is 22.8 Å². The summed E-state index contributed by atoms with van der Waals surface area (Å²) in [5, 5.41) is 20.3. The molecule has 4 aromatic rings. The Morgan fingerprint density at radius 2 is 1.88 bits per heavy atom. The number of phenolic OH excluding ortho intramolecular Hbond substituents is 1. The van der Waals surface area contributed by atoms with Crippen molar-refractivity contribution in [3.63, 3.8) is 0 Å². The van der Waals surface area contributed by atoms with E-state index in [1.807, 2.05) is 36.4 Å². The van der Waals surface area contributed by atoms with Gasteiger partial charge in [0.15, 0.2) is 0 Å². The number of aryl methyl sites for hydroxylation is 1. The molecule has 0 atom stereocenters. The number of rotatable bonds is 7. The summed E-state index contributed by atoms with van der Waals surface area (Å²) in [7, 11) is 0. The number of carbonyl (C=O) groups is 1. The molecule has 4 rings (SSSR count). The highest BCUT2D eigenvalue weighted by molar-refractivity contribution is 5.94. The van der Waals surface area contributed by atoms with Crippen LogP contribution in [0.4, 0.5) is 0 Å². The summed E-state index contributed by atoms with van der Waals surface area (Å²) in [6, 6.07) is 24.0. The van der Waals surface area contributed by atoms with E-state index < -0.39 is 5.91 Å². The maximum atomic E-state index is 12.3. The molecule has 0 saturated heterocycles. The van der Waals surface area contributed by atoms with Gasteiger partial charge in [-0.05, 0) is 60.5 Å². The quantitative estimate of drug-likeness (QED) is 0.301. The van der Waals surface area contributed by atoms with Crippen LogP contribution < -0.4 is 10.2 Å². The van der Waals surface area contributed by atoms with Gasteiger partial charge in [0.1, 0.15) is 23.8 Å². The molecule has 32 heavy (non-hydrogen) atoms. The van der Waals surface area contributed by atoms with E-state index in [-0.39, 0.29) is 11.4 Å². The van der Waals surface area contributed by atoms with Gasteiger partial charge in [0.2, 0.25) is 0 Å². The number of aromatic hydroxyl groups is 1. The minimum Gasteiger partial charge on any atom is -0.508 e. The number of ether oxygens (including phenoxy) is 1. The van der Waals surface area contributed by atoms with Gasteiger partial charge in [-0.15, -0.1) is 0 Å². The van der Waals surface area contributed by atoms with Crippen LogP contribution in [0.25, 0.3) is 11.3 Å². The molecule has 1 aromatic heterocycles. The van der Waals surface area contributed by atoms with Gasteiger partial charge in [-0.2, -0.15) is 10.2 Å². The van der Waals surface area contributed by atoms with Crippen LogP contribution in [0.2, 0.25) is 0 Å². The minimum absolute atomic E-state index is 0.130. The van der Waals surface area contributed by atoms with Crippen molar-refractivity contribution in [2.45, 2.75) is 13.5 Å². The first-order valence-electron chi connectivity index (χ1n) is 10.0. The van der Waals surface area contributed by atoms with Crippen LogP contribution in [-0.4, -0.2) is 27.4 Å². The van der Waals surface area contributed by atoms with Gasteiger partial charge in [0, 0.05) is 5.56 Å². The summed E-state index contributed by atoms with van der Waals surface area (Å²) in [5.41, 5.74) is 7.20. The predicted octanol–water partition coefficient (Wildman–Crippen LogP) is 4.43. The van der Waals surface area contributed by atoms with E-state index in [2.05, 4.69) is 39.8 Å². The summed E-state index contributed by atoms with van der Waals surface area (Å²) in [6.07, 6.45) is 1.45. The number of hydrogen-bond donors (Lipinski definition) is 3. The number of H-pyrrole nitrogens is 1. The largest absolute Gasteiger partial charge is 0.508 e. The Bertz CT molecular complexity index is 1230. The zero-order chi connectivity index (χ0) is 22.3. The topological polar surface area (TPSA) is 99.6 Å². The first-order chi connectivity index (χ1) is 15.6.